The minimum Gasteiger partial charge on any atom is -0.383 e. The maximum atomic E-state index is 13.3. The third kappa shape index (κ3) is 6.20. The first kappa shape index (κ1) is 22.1. The lowest BCUT2D eigenvalue weighted by atomic mass is 9.95. The Morgan fingerprint density at radius 2 is 1.97 bits per heavy atom. The van der Waals surface area contributed by atoms with Gasteiger partial charge < -0.3 is 14.5 Å². The van der Waals surface area contributed by atoms with Crippen LogP contribution in [0.1, 0.15) is 48.8 Å². The lowest BCUT2D eigenvalue weighted by molar-refractivity contribution is 0.0611. The molecule has 3 rings (SSSR count). The number of aromatic nitrogens is 2. The molecule has 1 unspecified atom stereocenters. The van der Waals surface area contributed by atoms with Crippen LogP contribution in [0, 0.1) is 12.8 Å². The molecule has 2 fully saturated rings. The molecule has 2 aliphatic rings. The largest absolute Gasteiger partial charge is 0.383 e. The molecule has 3 heterocycles. The zero-order valence-electron chi connectivity index (χ0n) is 18.3. The Labute approximate surface area is 175 Å². The van der Waals surface area contributed by atoms with E-state index in [-0.39, 0.29) is 5.91 Å². The molecule has 0 radical (unpaired) electrons. The summed E-state index contributed by atoms with van der Waals surface area (Å²) in [6.07, 6.45) is 7.98. The lowest BCUT2D eigenvalue weighted by Gasteiger charge is -2.36. The highest BCUT2D eigenvalue weighted by Gasteiger charge is 2.30. The summed E-state index contributed by atoms with van der Waals surface area (Å²) in [5.41, 5.74) is 1.30. The molecule has 1 amide bonds. The van der Waals surface area contributed by atoms with Crippen molar-refractivity contribution in [2.75, 3.05) is 59.5 Å². The molecule has 0 N–H and O–H groups in total. The maximum Gasteiger partial charge on any atom is 0.274 e. The van der Waals surface area contributed by atoms with Crippen molar-refractivity contribution < 1.29 is 9.53 Å². The van der Waals surface area contributed by atoms with Crippen molar-refractivity contribution in [2.24, 2.45) is 5.92 Å². The van der Waals surface area contributed by atoms with Crippen molar-refractivity contribution in [1.82, 2.24) is 24.7 Å². The van der Waals surface area contributed by atoms with Gasteiger partial charge in [0.15, 0.2) is 0 Å². The van der Waals surface area contributed by atoms with E-state index in [1.165, 1.54) is 12.8 Å². The Bertz CT molecular complexity index is 631. The van der Waals surface area contributed by atoms with Crippen molar-refractivity contribution in [3.05, 3.63) is 23.8 Å². The zero-order chi connectivity index (χ0) is 20.6. The van der Waals surface area contributed by atoms with E-state index in [4.69, 9.17) is 4.74 Å². The summed E-state index contributed by atoms with van der Waals surface area (Å²) in [6.45, 7) is 11.9. The van der Waals surface area contributed by atoms with E-state index < -0.39 is 0 Å². The molecule has 7 nitrogen and oxygen atoms in total. The topological polar surface area (TPSA) is 61.8 Å². The summed E-state index contributed by atoms with van der Waals surface area (Å²) in [6, 6.07) is 0.462. The molecule has 1 aromatic heterocycles. The predicted octanol–water partition coefficient (Wildman–Crippen LogP) is 2.07. The summed E-state index contributed by atoms with van der Waals surface area (Å²) in [5.74, 6) is 0.579. The Kier molecular flexibility index (Phi) is 8.39. The lowest BCUT2D eigenvalue weighted by Crippen LogP contribution is -2.47. The van der Waals surface area contributed by atoms with Gasteiger partial charge in [0.1, 0.15) is 5.69 Å². The predicted molar refractivity (Wildman–Crippen MR) is 114 cm³/mol. The highest BCUT2D eigenvalue weighted by Crippen LogP contribution is 2.22. The van der Waals surface area contributed by atoms with Gasteiger partial charge in [-0.15, -0.1) is 0 Å². The number of carbonyl (C=O) groups is 1. The third-order valence-electron chi connectivity index (χ3n) is 6.42. The molecule has 2 saturated heterocycles. The Morgan fingerprint density at radius 1 is 1.17 bits per heavy atom. The van der Waals surface area contributed by atoms with Gasteiger partial charge in [-0.25, -0.2) is 4.98 Å². The van der Waals surface area contributed by atoms with E-state index >= 15 is 0 Å². The molecule has 162 valence electrons. The number of methoxy groups -OCH3 is 1. The summed E-state index contributed by atoms with van der Waals surface area (Å²) in [7, 11) is 1.76. The minimum absolute atomic E-state index is 0.0299. The van der Waals surface area contributed by atoms with Gasteiger partial charge in [-0.05, 0) is 64.7 Å². The van der Waals surface area contributed by atoms with Gasteiger partial charge in [0.2, 0.25) is 0 Å². The van der Waals surface area contributed by atoms with Gasteiger partial charge in [-0.3, -0.25) is 14.7 Å². The quantitative estimate of drug-likeness (QED) is 0.629. The van der Waals surface area contributed by atoms with E-state index in [2.05, 4.69) is 31.6 Å². The Hall–Kier alpha value is -1.57. The van der Waals surface area contributed by atoms with Gasteiger partial charge in [-0.2, -0.15) is 0 Å². The number of aryl methyl sites for hydroxylation is 1. The fraction of sp³-hybridized carbons (Fsp3) is 0.773. The standard InChI is InChI=1S/C22H37N5O2/c1-4-26-9-5-6-20(26)17-27(22(28)21-15-23-18(2)14-24-21)16-19-7-10-25(11-8-19)12-13-29-3/h14-15,19-20H,4-13,16-17H2,1-3H3. The highest BCUT2D eigenvalue weighted by atomic mass is 16.5. The number of hydrogen-bond donors (Lipinski definition) is 0. The van der Waals surface area contributed by atoms with Crippen LogP contribution < -0.4 is 0 Å². The second-order valence-corrected chi connectivity index (χ2v) is 8.46. The number of ether oxygens (including phenoxy) is 1. The Balaban J connectivity index is 1.64. The maximum absolute atomic E-state index is 13.3. The first-order valence-electron chi connectivity index (χ1n) is 11.1. The van der Waals surface area contributed by atoms with Gasteiger partial charge in [0, 0.05) is 39.0 Å². The number of rotatable bonds is 9. The SMILES string of the molecule is CCN1CCCC1CN(CC1CCN(CCOC)CC1)C(=O)c1cnc(C)cn1. The van der Waals surface area contributed by atoms with Crippen LogP contribution in [0.3, 0.4) is 0 Å². The first-order chi connectivity index (χ1) is 14.1. The minimum atomic E-state index is 0.0299. The molecule has 0 aliphatic carbocycles. The van der Waals surface area contributed by atoms with Crippen molar-refractivity contribution >= 4 is 5.91 Å². The van der Waals surface area contributed by atoms with E-state index in [0.29, 0.717) is 17.7 Å². The molecule has 0 saturated carbocycles. The molecule has 0 bridgehead atoms. The van der Waals surface area contributed by atoms with Gasteiger partial charge in [-0.1, -0.05) is 6.92 Å². The van der Waals surface area contributed by atoms with Crippen LogP contribution in [0.4, 0.5) is 0 Å². The molecule has 2 aliphatic heterocycles. The summed E-state index contributed by atoms with van der Waals surface area (Å²) in [4.78, 5) is 29.0. The number of hydrogen-bond acceptors (Lipinski definition) is 6. The molecule has 1 aromatic rings. The van der Waals surface area contributed by atoms with Crippen molar-refractivity contribution in [1.29, 1.82) is 0 Å². The molecule has 29 heavy (non-hydrogen) atoms. The van der Waals surface area contributed by atoms with Gasteiger partial charge in [0.25, 0.3) is 5.91 Å². The monoisotopic (exact) mass is 403 g/mol. The number of likely N-dealkylation sites (tertiary alicyclic amines) is 2. The molecule has 7 heteroatoms. The first-order valence-corrected chi connectivity index (χ1v) is 11.1. The molecule has 0 aromatic carbocycles. The number of carbonyl (C=O) groups excluding carboxylic acids is 1. The molecule has 0 spiro atoms. The number of likely N-dealkylation sites (N-methyl/N-ethyl adjacent to an activating group) is 1. The van der Waals surface area contributed by atoms with Crippen LogP contribution in [-0.2, 0) is 4.74 Å². The number of piperidine rings is 1. The third-order valence-corrected chi connectivity index (χ3v) is 6.42. The summed E-state index contributed by atoms with van der Waals surface area (Å²) < 4.78 is 5.21. The Morgan fingerprint density at radius 3 is 2.62 bits per heavy atom. The fourth-order valence-electron chi connectivity index (χ4n) is 4.60. The average molecular weight is 404 g/mol. The second-order valence-electron chi connectivity index (χ2n) is 8.46. The molecular formula is C22H37N5O2. The normalized spacial score (nSPS) is 21.6. The second kappa shape index (κ2) is 11.0. The van der Waals surface area contributed by atoms with E-state index in [1.54, 1.807) is 19.5 Å². The summed E-state index contributed by atoms with van der Waals surface area (Å²) in [5, 5.41) is 0. The fourth-order valence-corrected chi connectivity index (χ4v) is 4.60. The van der Waals surface area contributed by atoms with Crippen LogP contribution in [0.5, 0.6) is 0 Å². The summed E-state index contributed by atoms with van der Waals surface area (Å²) >= 11 is 0. The van der Waals surface area contributed by atoms with Crippen LogP contribution in [0.15, 0.2) is 12.4 Å². The molecular weight excluding hydrogens is 366 g/mol. The van der Waals surface area contributed by atoms with Crippen LogP contribution in [-0.4, -0.2) is 96.1 Å². The van der Waals surface area contributed by atoms with Crippen molar-refractivity contribution in [2.45, 2.75) is 45.6 Å². The van der Waals surface area contributed by atoms with Gasteiger partial charge >= 0.3 is 0 Å². The van der Waals surface area contributed by atoms with Crippen LogP contribution in [0.25, 0.3) is 0 Å². The molecule has 1 atom stereocenters. The van der Waals surface area contributed by atoms with Crippen molar-refractivity contribution in [3.8, 4) is 0 Å². The smallest absolute Gasteiger partial charge is 0.274 e. The average Bonchev–Trinajstić information content (AvgIpc) is 3.20. The zero-order valence-corrected chi connectivity index (χ0v) is 18.3. The van der Waals surface area contributed by atoms with E-state index in [1.807, 2.05) is 6.92 Å². The van der Waals surface area contributed by atoms with Crippen molar-refractivity contribution in [3.63, 3.8) is 0 Å². The van der Waals surface area contributed by atoms with Crippen LogP contribution in [0.2, 0.25) is 0 Å². The van der Waals surface area contributed by atoms with E-state index in [9.17, 15) is 4.79 Å². The van der Waals surface area contributed by atoms with E-state index in [0.717, 1.165) is 71.0 Å². The van der Waals surface area contributed by atoms with Gasteiger partial charge in [0.05, 0.1) is 18.5 Å². The highest BCUT2D eigenvalue weighted by molar-refractivity contribution is 5.92. The number of nitrogens with zero attached hydrogens (tertiary/aromatic N) is 5. The number of amides is 1. The van der Waals surface area contributed by atoms with Crippen LogP contribution >= 0.6 is 0 Å².